The van der Waals surface area contributed by atoms with Crippen molar-refractivity contribution >= 4 is 31.9 Å². The van der Waals surface area contributed by atoms with Gasteiger partial charge in [0.1, 0.15) is 0 Å². The van der Waals surface area contributed by atoms with Crippen LogP contribution in [0.25, 0.3) is 0 Å². The van der Waals surface area contributed by atoms with E-state index in [2.05, 4.69) is 4.74 Å². The van der Waals surface area contributed by atoms with E-state index in [1.165, 1.54) is 24.3 Å². The zero-order valence-electron chi connectivity index (χ0n) is 16.4. The number of rotatable bonds is 6. The normalized spacial score (nSPS) is 11.8. The first-order valence-corrected chi connectivity index (χ1v) is 11.6. The lowest BCUT2D eigenvalue weighted by molar-refractivity contribution is 0.0566. The molecule has 158 valence electrons. The first kappa shape index (κ1) is 21.6. The average molecular weight is 450 g/mol. The summed E-state index contributed by atoms with van der Waals surface area (Å²) in [5, 5.41) is 0. The van der Waals surface area contributed by atoms with E-state index < -0.39 is 31.9 Å². The maximum absolute atomic E-state index is 13.4. The van der Waals surface area contributed by atoms with Crippen molar-refractivity contribution in [2.45, 2.75) is 23.6 Å². The summed E-state index contributed by atoms with van der Waals surface area (Å²) in [7, 11) is -8.09. The summed E-state index contributed by atoms with van der Waals surface area (Å²) in [4.78, 5) is 11.2. The highest BCUT2D eigenvalue weighted by molar-refractivity contribution is 8.10. The van der Waals surface area contributed by atoms with Crippen LogP contribution in [0, 0.1) is 13.8 Å². The van der Waals surface area contributed by atoms with E-state index in [0.717, 1.165) is 30.4 Å². The number of hydrogen-bond acceptors (Lipinski definition) is 7. The van der Waals surface area contributed by atoms with Gasteiger partial charge in [-0.15, -0.1) is 3.71 Å². The molecule has 0 N–H and O–H groups in total. The molecule has 0 atom stereocenters. The molecule has 0 saturated carbocycles. The number of anilines is 1. The summed E-state index contributed by atoms with van der Waals surface area (Å²) < 4.78 is 63.4. The number of methoxy groups -OCH3 is 1. The van der Waals surface area contributed by atoms with Crippen LogP contribution in [-0.2, 0) is 24.8 Å². The van der Waals surface area contributed by atoms with Crippen LogP contribution in [0.3, 0.4) is 0 Å². The average Bonchev–Trinajstić information content (AvgIpc) is 3.17. The van der Waals surface area contributed by atoms with Gasteiger partial charge in [0, 0.05) is 6.07 Å². The molecule has 8 nitrogen and oxygen atoms in total. The lowest BCUT2D eigenvalue weighted by Gasteiger charge is -2.21. The second-order valence-corrected chi connectivity index (χ2v) is 10.3. The number of hydrogen-bond donors (Lipinski definition) is 0. The topological polar surface area (TPSA) is 111 Å². The quantitative estimate of drug-likeness (QED) is 0.531. The van der Waals surface area contributed by atoms with Gasteiger partial charge in [0.25, 0.3) is 20.0 Å². The van der Waals surface area contributed by atoms with Crippen LogP contribution >= 0.6 is 0 Å². The molecule has 0 radical (unpaired) electrons. The maximum Gasteiger partial charge on any atom is 0.374 e. The van der Waals surface area contributed by atoms with Crippen LogP contribution in [0.15, 0.2) is 74.9 Å². The van der Waals surface area contributed by atoms with Crippen molar-refractivity contribution < 1.29 is 30.8 Å². The van der Waals surface area contributed by atoms with Crippen molar-refractivity contribution in [2.24, 2.45) is 0 Å². The fourth-order valence-electron chi connectivity index (χ4n) is 2.61. The number of aryl methyl sites for hydroxylation is 2. The molecule has 0 saturated heterocycles. The second kappa shape index (κ2) is 7.96. The van der Waals surface area contributed by atoms with Gasteiger partial charge in [-0.25, -0.2) is 4.79 Å². The number of furan rings is 1. The monoisotopic (exact) mass is 449 g/mol. The van der Waals surface area contributed by atoms with Gasteiger partial charge in [-0.3, -0.25) is 0 Å². The molecular formula is C20H19NO7S2. The third-order valence-corrected chi connectivity index (χ3v) is 8.38. The summed E-state index contributed by atoms with van der Waals surface area (Å²) >= 11 is 0. The molecule has 0 aliphatic carbocycles. The van der Waals surface area contributed by atoms with Gasteiger partial charge in [0.2, 0.25) is 11.6 Å². The predicted molar refractivity (Wildman–Crippen MR) is 109 cm³/mol. The van der Waals surface area contributed by atoms with E-state index in [1.807, 2.05) is 0 Å². The molecule has 30 heavy (non-hydrogen) atoms. The van der Waals surface area contributed by atoms with Gasteiger partial charge in [0.15, 0.2) is 0 Å². The molecule has 10 heteroatoms. The summed E-state index contributed by atoms with van der Waals surface area (Å²) in [6.45, 7) is 3.54. The third kappa shape index (κ3) is 3.96. The largest absolute Gasteiger partial charge is 0.463 e. The number of benzene rings is 2. The molecule has 0 aliphatic rings. The summed E-state index contributed by atoms with van der Waals surface area (Å²) in [6, 6.07) is 13.6. The minimum absolute atomic E-state index is 0.182. The third-order valence-electron chi connectivity index (χ3n) is 4.23. The molecule has 1 heterocycles. The Morgan fingerprint density at radius 2 is 1.20 bits per heavy atom. The predicted octanol–water partition coefficient (Wildman–Crippen LogP) is 3.27. The van der Waals surface area contributed by atoms with E-state index in [9.17, 15) is 21.6 Å². The Labute approximate surface area is 174 Å². The minimum Gasteiger partial charge on any atom is -0.463 e. The molecule has 0 unspecified atom stereocenters. The molecule has 0 fully saturated rings. The standard InChI is InChI=1S/C20H19NO7S2/c1-14-4-8-16(9-5-14)29(23,24)21(19-13-12-18(28-19)20(22)27-3)30(25,26)17-10-6-15(2)7-11-17/h4-13H,1-3H3. The number of esters is 1. The van der Waals surface area contributed by atoms with Crippen molar-refractivity contribution in [3.8, 4) is 0 Å². The van der Waals surface area contributed by atoms with E-state index in [-0.39, 0.29) is 19.3 Å². The Bertz CT molecular complexity index is 1200. The lowest BCUT2D eigenvalue weighted by atomic mass is 10.2. The zero-order valence-corrected chi connectivity index (χ0v) is 18.0. The molecule has 2 aromatic carbocycles. The Morgan fingerprint density at radius 1 is 0.767 bits per heavy atom. The highest BCUT2D eigenvalue weighted by atomic mass is 32.3. The minimum atomic E-state index is -4.61. The van der Waals surface area contributed by atoms with Crippen LogP contribution in [0.2, 0.25) is 0 Å². The molecule has 3 aromatic rings. The summed E-state index contributed by atoms with van der Waals surface area (Å²) in [5.41, 5.74) is 1.60. The van der Waals surface area contributed by atoms with Crippen molar-refractivity contribution in [2.75, 3.05) is 10.8 Å². The summed E-state index contributed by atoms with van der Waals surface area (Å²) in [6.07, 6.45) is 0. The zero-order chi connectivity index (χ0) is 22.1. The Balaban J connectivity index is 2.23. The van der Waals surface area contributed by atoms with Crippen LogP contribution in [0.4, 0.5) is 5.88 Å². The Morgan fingerprint density at radius 3 is 1.60 bits per heavy atom. The highest BCUT2D eigenvalue weighted by Crippen LogP contribution is 2.32. The molecule has 1 aromatic heterocycles. The molecule has 0 bridgehead atoms. The number of sulfonamides is 2. The van der Waals surface area contributed by atoms with Crippen molar-refractivity contribution in [1.82, 2.24) is 0 Å². The van der Waals surface area contributed by atoms with Crippen LogP contribution in [0.1, 0.15) is 21.7 Å². The molecule has 0 spiro atoms. The molecular weight excluding hydrogens is 430 g/mol. The Kier molecular flexibility index (Phi) is 5.73. The summed E-state index contributed by atoms with van der Waals surface area (Å²) in [5.74, 6) is -1.77. The van der Waals surface area contributed by atoms with Crippen molar-refractivity contribution in [1.29, 1.82) is 0 Å². The molecule has 0 amide bonds. The number of ether oxygens (including phenoxy) is 1. The first-order valence-electron chi connectivity index (χ1n) is 8.69. The lowest BCUT2D eigenvalue weighted by Crippen LogP contribution is -2.36. The molecule has 0 aliphatic heterocycles. The fraction of sp³-hybridized carbons (Fsp3) is 0.150. The SMILES string of the molecule is COC(=O)c1ccc(N(S(=O)(=O)c2ccc(C)cc2)S(=O)(=O)c2ccc(C)cc2)o1. The van der Waals surface area contributed by atoms with Crippen LogP contribution in [-0.4, -0.2) is 29.9 Å². The number of carbonyl (C=O) groups is 1. The van der Waals surface area contributed by atoms with E-state index in [1.54, 1.807) is 38.1 Å². The van der Waals surface area contributed by atoms with Crippen LogP contribution in [0.5, 0.6) is 0 Å². The maximum atomic E-state index is 13.4. The highest BCUT2D eigenvalue weighted by Gasteiger charge is 2.39. The van der Waals surface area contributed by atoms with Gasteiger partial charge in [-0.05, 0) is 44.2 Å². The second-order valence-electron chi connectivity index (χ2n) is 6.46. The van der Waals surface area contributed by atoms with Gasteiger partial charge in [-0.2, -0.15) is 16.8 Å². The Hall–Kier alpha value is -3.11. The number of nitrogens with zero attached hydrogens (tertiary/aromatic N) is 1. The first-order chi connectivity index (χ1) is 14.1. The van der Waals surface area contributed by atoms with Gasteiger partial charge < -0.3 is 9.15 Å². The van der Waals surface area contributed by atoms with Crippen molar-refractivity contribution in [3.05, 3.63) is 77.6 Å². The van der Waals surface area contributed by atoms with E-state index in [0.29, 0.717) is 0 Å². The molecule has 3 rings (SSSR count). The van der Waals surface area contributed by atoms with E-state index >= 15 is 0 Å². The smallest absolute Gasteiger partial charge is 0.374 e. The van der Waals surface area contributed by atoms with Gasteiger partial charge >= 0.3 is 5.97 Å². The van der Waals surface area contributed by atoms with Crippen LogP contribution < -0.4 is 3.71 Å². The van der Waals surface area contributed by atoms with Crippen molar-refractivity contribution in [3.63, 3.8) is 0 Å². The van der Waals surface area contributed by atoms with Gasteiger partial charge in [-0.1, -0.05) is 35.4 Å². The van der Waals surface area contributed by atoms with E-state index in [4.69, 9.17) is 4.42 Å². The number of carbonyl (C=O) groups excluding carboxylic acids is 1. The fourth-order valence-corrected chi connectivity index (χ4v) is 6.18. The van der Waals surface area contributed by atoms with Gasteiger partial charge in [0.05, 0.1) is 16.9 Å².